The molecule has 0 aliphatic rings. The summed E-state index contributed by atoms with van der Waals surface area (Å²) in [6.07, 6.45) is 1.20. The van der Waals surface area contributed by atoms with E-state index >= 15 is 0 Å². The first-order valence-electron chi connectivity index (χ1n) is 5.64. The molecule has 0 heterocycles. The van der Waals surface area contributed by atoms with Gasteiger partial charge in [-0.15, -0.1) is 0 Å². The molecule has 0 atom stereocenters. The van der Waals surface area contributed by atoms with E-state index in [1.54, 1.807) is 0 Å². The van der Waals surface area contributed by atoms with Gasteiger partial charge >= 0.3 is 0 Å². The third-order valence-electron chi connectivity index (χ3n) is 3.02. The third-order valence-corrected chi connectivity index (χ3v) is 3.02. The zero-order valence-electron chi connectivity index (χ0n) is 10.7. The first-order valence-corrected chi connectivity index (χ1v) is 5.64. The molecule has 0 spiro atoms. The van der Waals surface area contributed by atoms with Crippen LogP contribution in [0.4, 0.5) is 0 Å². The monoisotopic (exact) mass is 205 g/mol. The molecule has 1 aromatic carbocycles. The van der Waals surface area contributed by atoms with Gasteiger partial charge in [-0.2, -0.15) is 0 Å². The SMILES string of the molecule is Cc1ccc(C(C)(C)CCN(C)C)cc1. The Labute approximate surface area is 94.1 Å². The number of aryl methyl sites for hydroxylation is 1. The summed E-state index contributed by atoms with van der Waals surface area (Å²) in [4.78, 5) is 2.25. The number of rotatable bonds is 4. The number of hydrogen-bond donors (Lipinski definition) is 0. The molecule has 0 saturated heterocycles. The van der Waals surface area contributed by atoms with Crippen molar-refractivity contribution in [2.24, 2.45) is 0 Å². The standard InChI is InChI=1S/C14H23N/c1-12-6-8-13(9-7-12)14(2,3)10-11-15(4)5/h6-9H,10-11H2,1-5H3. The van der Waals surface area contributed by atoms with E-state index in [0.717, 1.165) is 6.54 Å². The molecule has 1 aromatic rings. The van der Waals surface area contributed by atoms with Crippen molar-refractivity contribution < 1.29 is 0 Å². The zero-order valence-corrected chi connectivity index (χ0v) is 10.7. The minimum atomic E-state index is 0.276. The predicted octanol–water partition coefficient (Wildman–Crippen LogP) is 3.22. The molecular formula is C14H23N. The van der Waals surface area contributed by atoms with Crippen LogP contribution in [0.1, 0.15) is 31.4 Å². The molecule has 1 rings (SSSR count). The molecule has 84 valence electrons. The predicted molar refractivity (Wildman–Crippen MR) is 67.4 cm³/mol. The Morgan fingerprint density at radius 2 is 1.60 bits per heavy atom. The lowest BCUT2D eigenvalue weighted by molar-refractivity contribution is 0.343. The second kappa shape index (κ2) is 4.80. The molecule has 15 heavy (non-hydrogen) atoms. The molecule has 0 aliphatic carbocycles. The van der Waals surface area contributed by atoms with Crippen molar-refractivity contribution in [2.75, 3.05) is 20.6 Å². The smallest absolute Gasteiger partial charge is 0.00165 e. The van der Waals surface area contributed by atoms with Crippen LogP contribution in [-0.4, -0.2) is 25.5 Å². The van der Waals surface area contributed by atoms with Gasteiger partial charge in [0.2, 0.25) is 0 Å². The van der Waals surface area contributed by atoms with E-state index in [1.807, 2.05) is 0 Å². The number of nitrogens with zero attached hydrogens (tertiary/aromatic N) is 1. The largest absolute Gasteiger partial charge is 0.309 e. The Morgan fingerprint density at radius 1 is 1.07 bits per heavy atom. The molecule has 0 unspecified atom stereocenters. The lowest BCUT2D eigenvalue weighted by atomic mass is 9.81. The lowest BCUT2D eigenvalue weighted by Gasteiger charge is -2.27. The fourth-order valence-corrected chi connectivity index (χ4v) is 1.65. The van der Waals surface area contributed by atoms with Crippen LogP contribution in [0, 0.1) is 6.92 Å². The molecule has 0 aliphatic heterocycles. The van der Waals surface area contributed by atoms with Crippen LogP contribution in [-0.2, 0) is 5.41 Å². The summed E-state index contributed by atoms with van der Waals surface area (Å²) in [5.74, 6) is 0. The average Bonchev–Trinajstić information content (AvgIpc) is 2.16. The van der Waals surface area contributed by atoms with E-state index in [0.29, 0.717) is 0 Å². The van der Waals surface area contributed by atoms with Crippen molar-refractivity contribution >= 4 is 0 Å². The molecule has 1 nitrogen and oxygen atoms in total. The molecule has 0 radical (unpaired) electrons. The summed E-state index contributed by atoms with van der Waals surface area (Å²) in [6, 6.07) is 8.91. The van der Waals surface area contributed by atoms with Crippen molar-refractivity contribution in [3.05, 3.63) is 35.4 Å². The van der Waals surface area contributed by atoms with Crippen LogP contribution in [0.15, 0.2) is 24.3 Å². The highest BCUT2D eigenvalue weighted by molar-refractivity contribution is 5.27. The van der Waals surface area contributed by atoms with Crippen molar-refractivity contribution in [2.45, 2.75) is 32.6 Å². The van der Waals surface area contributed by atoms with Crippen LogP contribution in [0.25, 0.3) is 0 Å². The maximum atomic E-state index is 2.32. The van der Waals surface area contributed by atoms with Gasteiger partial charge in [0, 0.05) is 0 Å². The molecule has 1 heteroatoms. The molecular weight excluding hydrogens is 182 g/mol. The summed E-state index contributed by atoms with van der Waals surface area (Å²) in [6.45, 7) is 7.92. The van der Waals surface area contributed by atoms with Gasteiger partial charge in [-0.1, -0.05) is 43.7 Å². The van der Waals surface area contributed by atoms with E-state index in [1.165, 1.54) is 17.5 Å². The Bertz CT molecular complexity index is 296. The van der Waals surface area contributed by atoms with Gasteiger partial charge in [0.05, 0.1) is 0 Å². The Balaban J connectivity index is 2.72. The van der Waals surface area contributed by atoms with Crippen LogP contribution >= 0.6 is 0 Å². The molecule has 0 bridgehead atoms. The van der Waals surface area contributed by atoms with E-state index in [-0.39, 0.29) is 5.41 Å². The third kappa shape index (κ3) is 3.67. The fourth-order valence-electron chi connectivity index (χ4n) is 1.65. The average molecular weight is 205 g/mol. The number of hydrogen-bond acceptors (Lipinski definition) is 1. The summed E-state index contributed by atoms with van der Waals surface area (Å²) in [5, 5.41) is 0. The van der Waals surface area contributed by atoms with Gasteiger partial charge in [-0.25, -0.2) is 0 Å². The van der Waals surface area contributed by atoms with Gasteiger partial charge in [-0.05, 0) is 45.0 Å². The van der Waals surface area contributed by atoms with E-state index in [9.17, 15) is 0 Å². The van der Waals surface area contributed by atoms with Crippen molar-refractivity contribution in [1.29, 1.82) is 0 Å². The quantitative estimate of drug-likeness (QED) is 0.729. The zero-order chi connectivity index (χ0) is 11.5. The molecule has 0 saturated carbocycles. The highest BCUT2D eigenvalue weighted by Crippen LogP contribution is 2.27. The van der Waals surface area contributed by atoms with E-state index in [4.69, 9.17) is 0 Å². The summed E-state index contributed by atoms with van der Waals surface area (Å²) >= 11 is 0. The lowest BCUT2D eigenvalue weighted by Crippen LogP contribution is -2.24. The molecule has 0 fully saturated rings. The van der Waals surface area contributed by atoms with Crippen molar-refractivity contribution in [3.8, 4) is 0 Å². The summed E-state index contributed by atoms with van der Waals surface area (Å²) in [5.41, 5.74) is 3.05. The van der Waals surface area contributed by atoms with Gasteiger partial charge in [0.25, 0.3) is 0 Å². The highest BCUT2D eigenvalue weighted by atomic mass is 15.0. The van der Waals surface area contributed by atoms with Gasteiger partial charge in [0.1, 0.15) is 0 Å². The first-order chi connectivity index (χ1) is 6.92. The topological polar surface area (TPSA) is 3.24 Å². The molecule has 0 N–H and O–H groups in total. The highest BCUT2D eigenvalue weighted by Gasteiger charge is 2.19. The number of benzene rings is 1. The maximum Gasteiger partial charge on any atom is -0.00165 e. The van der Waals surface area contributed by atoms with Crippen LogP contribution in [0.3, 0.4) is 0 Å². The van der Waals surface area contributed by atoms with Gasteiger partial charge < -0.3 is 4.90 Å². The van der Waals surface area contributed by atoms with E-state index < -0.39 is 0 Å². The van der Waals surface area contributed by atoms with Crippen molar-refractivity contribution in [3.63, 3.8) is 0 Å². The minimum absolute atomic E-state index is 0.276. The van der Waals surface area contributed by atoms with E-state index in [2.05, 4.69) is 64.0 Å². The Morgan fingerprint density at radius 3 is 2.07 bits per heavy atom. The van der Waals surface area contributed by atoms with Crippen molar-refractivity contribution in [1.82, 2.24) is 4.90 Å². The van der Waals surface area contributed by atoms with Crippen LogP contribution in [0.5, 0.6) is 0 Å². The fraction of sp³-hybridized carbons (Fsp3) is 0.571. The summed E-state index contributed by atoms with van der Waals surface area (Å²) < 4.78 is 0. The normalized spacial score (nSPS) is 12.1. The second-order valence-electron chi connectivity index (χ2n) is 5.30. The first kappa shape index (κ1) is 12.3. The molecule has 0 aromatic heterocycles. The van der Waals surface area contributed by atoms with Crippen LogP contribution < -0.4 is 0 Å². The maximum absolute atomic E-state index is 2.32. The van der Waals surface area contributed by atoms with Gasteiger partial charge in [-0.3, -0.25) is 0 Å². The Hall–Kier alpha value is -0.820. The minimum Gasteiger partial charge on any atom is -0.309 e. The summed E-state index contributed by atoms with van der Waals surface area (Å²) in [7, 11) is 4.26. The van der Waals surface area contributed by atoms with Crippen LogP contribution in [0.2, 0.25) is 0 Å². The Kier molecular flexibility index (Phi) is 3.92. The van der Waals surface area contributed by atoms with Gasteiger partial charge in [0.15, 0.2) is 0 Å². The second-order valence-corrected chi connectivity index (χ2v) is 5.30. The molecule has 0 amide bonds.